The predicted molar refractivity (Wildman–Crippen MR) is 116 cm³/mol. The zero-order chi connectivity index (χ0) is 21.1. The average molecular weight is 400 g/mol. The van der Waals surface area contributed by atoms with E-state index in [9.17, 15) is 9.59 Å². The Morgan fingerprint density at radius 3 is 2.40 bits per heavy atom. The van der Waals surface area contributed by atoms with Crippen LogP contribution in [0.15, 0.2) is 72.8 Å². The number of hydrogen-bond donors (Lipinski definition) is 1. The van der Waals surface area contributed by atoms with Crippen molar-refractivity contribution in [3.05, 3.63) is 95.1 Å². The first-order valence-corrected chi connectivity index (χ1v) is 9.94. The minimum absolute atomic E-state index is 0.0339. The van der Waals surface area contributed by atoms with Crippen molar-refractivity contribution in [3.63, 3.8) is 0 Å². The Hall–Kier alpha value is -3.60. The van der Waals surface area contributed by atoms with Gasteiger partial charge in [0.1, 0.15) is 5.75 Å². The smallest absolute Gasteiger partial charge is 0.255 e. The Balaban J connectivity index is 1.57. The van der Waals surface area contributed by atoms with Crippen LogP contribution in [0, 0.1) is 6.92 Å². The van der Waals surface area contributed by atoms with Crippen LogP contribution in [0.1, 0.15) is 39.5 Å². The molecule has 5 heteroatoms. The van der Waals surface area contributed by atoms with Gasteiger partial charge in [0.25, 0.3) is 5.91 Å². The van der Waals surface area contributed by atoms with Crippen molar-refractivity contribution in [3.8, 4) is 5.75 Å². The van der Waals surface area contributed by atoms with Crippen LogP contribution >= 0.6 is 0 Å². The molecule has 2 amide bonds. The number of methoxy groups -OCH3 is 1. The summed E-state index contributed by atoms with van der Waals surface area (Å²) in [6.45, 7) is 2.52. The van der Waals surface area contributed by atoms with E-state index >= 15 is 0 Å². The van der Waals surface area contributed by atoms with Crippen LogP contribution in [0.2, 0.25) is 0 Å². The molecule has 3 aromatic carbocycles. The molecule has 1 atom stereocenters. The third kappa shape index (κ3) is 4.06. The Morgan fingerprint density at radius 2 is 1.73 bits per heavy atom. The lowest BCUT2D eigenvalue weighted by molar-refractivity contribution is -0.117. The van der Waals surface area contributed by atoms with E-state index in [0.29, 0.717) is 17.8 Å². The Bertz CT molecular complexity index is 1060. The van der Waals surface area contributed by atoms with Crippen molar-refractivity contribution in [2.24, 2.45) is 0 Å². The molecule has 0 aromatic heterocycles. The molecule has 0 unspecified atom stereocenters. The lowest BCUT2D eigenvalue weighted by atomic mass is 10.00. The maximum absolute atomic E-state index is 13.1. The largest absolute Gasteiger partial charge is 0.497 e. The summed E-state index contributed by atoms with van der Waals surface area (Å²) in [5.41, 5.74) is 4.49. The van der Waals surface area contributed by atoms with Gasteiger partial charge in [-0.2, -0.15) is 0 Å². The van der Waals surface area contributed by atoms with Gasteiger partial charge in [0.2, 0.25) is 5.91 Å². The van der Waals surface area contributed by atoms with Gasteiger partial charge in [0.15, 0.2) is 0 Å². The van der Waals surface area contributed by atoms with Crippen LogP contribution in [0.3, 0.4) is 0 Å². The number of carbonyl (C=O) groups is 2. The number of nitrogens with zero attached hydrogens (tertiary/aromatic N) is 1. The summed E-state index contributed by atoms with van der Waals surface area (Å²) in [7, 11) is 1.60. The van der Waals surface area contributed by atoms with Crippen molar-refractivity contribution in [1.29, 1.82) is 0 Å². The molecular weight excluding hydrogens is 376 g/mol. The highest BCUT2D eigenvalue weighted by atomic mass is 16.5. The third-order valence-corrected chi connectivity index (χ3v) is 5.44. The minimum atomic E-state index is -0.344. The van der Waals surface area contributed by atoms with Crippen LogP contribution in [0.4, 0.5) is 5.69 Å². The quantitative estimate of drug-likeness (QED) is 0.651. The average Bonchev–Trinajstić information content (AvgIpc) is 3.10. The number of carbonyl (C=O) groups excluding carboxylic acids is 2. The van der Waals surface area contributed by atoms with Crippen LogP contribution in [-0.2, 0) is 11.3 Å². The summed E-state index contributed by atoms with van der Waals surface area (Å²) in [6.07, 6.45) is 0.175. The maximum atomic E-state index is 13.1. The van der Waals surface area contributed by atoms with Crippen molar-refractivity contribution in [2.45, 2.75) is 25.9 Å². The van der Waals surface area contributed by atoms with Crippen molar-refractivity contribution in [1.82, 2.24) is 4.90 Å². The molecular formula is C25H24N2O3. The van der Waals surface area contributed by atoms with Crippen molar-refractivity contribution in [2.75, 3.05) is 12.4 Å². The number of nitrogens with one attached hydrogen (secondary N) is 1. The summed E-state index contributed by atoms with van der Waals surface area (Å²) < 4.78 is 5.16. The SMILES string of the molecule is COc1ccc(NC(=O)C[C@@H](c2ccc(C)cc2)N2Cc3ccccc3C2=O)cc1. The lowest BCUT2D eigenvalue weighted by Gasteiger charge is -2.28. The van der Waals surface area contributed by atoms with Crippen LogP contribution in [0.25, 0.3) is 0 Å². The summed E-state index contributed by atoms with van der Waals surface area (Å²) in [5.74, 6) is 0.550. The van der Waals surface area contributed by atoms with Gasteiger partial charge in [-0.3, -0.25) is 9.59 Å². The highest BCUT2D eigenvalue weighted by Crippen LogP contribution is 2.34. The molecule has 0 saturated carbocycles. The zero-order valence-electron chi connectivity index (χ0n) is 17.1. The van der Waals surface area contributed by atoms with Gasteiger partial charge in [0, 0.05) is 17.8 Å². The van der Waals surface area contributed by atoms with E-state index in [1.165, 1.54) is 0 Å². The highest BCUT2D eigenvalue weighted by Gasteiger charge is 2.34. The van der Waals surface area contributed by atoms with Crippen LogP contribution in [-0.4, -0.2) is 23.8 Å². The predicted octanol–water partition coefficient (Wildman–Crippen LogP) is 4.73. The monoisotopic (exact) mass is 400 g/mol. The van der Waals surface area contributed by atoms with Crippen molar-refractivity contribution >= 4 is 17.5 Å². The Labute approximate surface area is 176 Å². The van der Waals surface area contributed by atoms with Gasteiger partial charge in [-0.15, -0.1) is 0 Å². The molecule has 3 aromatic rings. The standard InChI is InChI=1S/C25H24N2O3/c1-17-7-9-18(10-8-17)23(27-16-19-5-3-4-6-22(19)25(27)29)15-24(28)26-20-11-13-21(30-2)14-12-20/h3-14,23H,15-16H2,1-2H3,(H,26,28)/t23-/m0/s1. The van der Waals surface area contributed by atoms with Gasteiger partial charge >= 0.3 is 0 Å². The first-order valence-electron chi connectivity index (χ1n) is 9.94. The van der Waals surface area contributed by atoms with E-state index < -0.39 is 0 Å². The molecule has 4 rings (SSSR count). The second kappa shape index (κ2) is 8.41. The van der Waals surface area contributed by atoms with Gasteiger partial charge < -0.3 is 15.0 Å². The molecule has 0 saturated heterocycles. The molecule has 0 fully saturated rings. The zero-order valence-corrected chi connectivity index (χ0v) is 17.1. The molecule has 152 valence electrons. The molecule has 5 nitrogen and oxygen atoms in total. The molecule has 1 aliphatic rings. The second-order valence-corrected chi connectivity index (χ2v) is 7.50. The molecule has 0 radical (unpaired) electrons. The fraction of sp³-hybridized carbons (Fsp3) is 0.200. The van der Waals surface area contributed by atoms with Gasteiger partial charge in [-0.05, 0) is 48.4 Å². The molecule has 1 aliphatic heterocycles. The van der Waals surface area contributed by atoms with E-state index in [1.807, 2.05) is 55.5 Å². The highest BCUT2D eigenvalue weighted by molar-refractivity contribution is 5.99. The molecule has 0 aliphatic carbocycles. The fourth-order valence-electron chi connectivity index (χ4n) is 3.79. The van der Waals surface area contributed by atoms with E-state index in [1.54, 1.807) is 36.3 Å². The van der Waals surface area contributed by atoms with E-state index in [4.69, 9.17) is 4.74 Å². The van der Waals surface area contributed by atoms with Crippen LogP contribution in [0.5, 0.6) is 5.75 Å². The van der Waals surface area contributed by atoms with Gasteiger partial charge in [-0.1, -0.05) is 48.0 Å². The number of amides is 2. The molecule has 1 N–H and O–H groups in total. The lowest BCUT2D eigenvalue weighted by Crippen LogP contribution is -2.32. The number of ether oxygens (including phenoxy) is 1. The number of fused-ring (bicyclic) bond motifs is 1. The fourth-order valence-corrected chi connectivity index (χ4v) is 3.79. The van der Waals surface area contributed by atoms with Gasteiger partial charge in [-0.25, -0.2) is 0 Å². The summed E-state index contributed by atoms with van der Waals surface area (Å²) in [5, 5.41) is 2.93. The second-order valence-electron chi connectivity index (χ2n) is 7.50. The maximum Gasteiger partial charge on any atom is 0.255 e. The number of hydrogen-bond acceptors (Lipinski definition) is 3. The van der Waals surface area contributed by atoms with E-state index in [-0.39, 0.29) is 24.3 Å². The number of benzene rings is 3. The summed E-state index contributed by atoms with van der Waals surface area (Å²) in [6, 6.07) is 22.5. The first kappa shape index (κ1) is 19.7. The summed E-state index contributed by atoms with van der Waals surface area (Å²) >= 11 is 0. The molecule has 0 spiro atoms. The van der Waals surface area contributed by atoms with Crippen molar-refractivity contribution < 1.29 is 14.3 Å². The molecule has 0 bridgehead atoms. The summed E-state index contributed by atoms with van der Waals surface area (Å²) in [4.78, 5) is 27.7. The Morgan fingerprint density at radius 1 is 1.03 bits per heavy atom. The molecule has 1 heterocycles. The normalized spacial score (nSPS) is 13.7. The number of aryl methyl sites for hydroxylation is 1. The molecule has 30 heavy (non-hydrogen) atoms. The van der Waals surface area contributed by atoms with E-state index in [2.05, 4.69) is 5.32 Å². The van der Waals surface area contributed by atoms with Gasteiger partial charge in [0.05, 0.1) is 19.6 Å². The number of rotatable bonds is 6. The van der Waals surface area contributed by atoms with E-state index in [0.717, 1.165) is 22.4 Å². The topological polar surface area (TPSA) is 58.6 Å². The number of anilines is 1. The third-order valence-electron chi connectivity index (χ3n) is 5.44. The first-order chi connectivity index (χ1) is 14.5. The van der Waals surface area contributed by atoms with Crippen LogP contribution < -0.4 is 10.1 Å². The minimum Gasteiger partial charge on any atom is -0.497 e. The Kier molecular flexibility index (Phi) is 5.53.